The van der Waals surface area contributed by atoms with Gasteiger partial charge in [0.05, 0.1) is 0 Å². The van der Waals surface area contributed by atoms with Crippen LogP contribution in [0.4, 0.5) is 0 Å². The largest absolute Gasteiger partial charge is 0.300 e. The Hall–Kier alpha value is 2.42. The van der Waals surface area contributed by atoms with Crippen molar-refractivity contribution in [2.75, 3.05) is 0 Å². The SMILES string of the molecule is CC(C)=O.[Ce].[Ce]. The van der Waals surface area contributed by atoms with Gasteiger partial charge in [0, 0.05) is 83.5 Å². The molecule has 0 amide bonds. The zero-order valence-corrected chi connectivity index (χ0v) is 10.2. The Labute approximate surface area is 105 Å². The van der Waals surface area contributed by atoms with E-state index in [0.717, 1.165) is 0 Å². The van der Waals surface area contributed by atoms with Crippen LogP contribution in [0.25, 0.3) is 0 Å². The van der Waals surface area contributed by atoms with Gasteiger partial charge in [-0.2, -0.15) is 0 Å². The normalized spacial score (nSPS) is 4.33. The van der Waals surface area contributed by atoms with Crippen LogP contribution in [-0.2, 0) is 4.79 Å². The quantitative estimate of drug-likeness (QED) is 0.632. The predicted molar refractivity (Wildman–Crippen MR) is 16.4 cm³/mol. The minimum Gasteiger partial charge on any atom is -0.300 e. The van der Waals surface area contributed by atoms with Gasteiger partial charge >= 0.3 is 0 Å². The second-order valence-corrected chi connectivity index (χ2v) is 0.908. The number of hydrogen-bond acceptors (Lipinski definition) is 1. The fourth-order valence-corrected chi connectivity index (χ4v) is 0. The maximum Gasteiger partial charge on any atom is 0.126 e. The van der Waals surface area contributed by atoms with E-state index in [0.29, 0.717) is 0 Å². The molecule has 0 saturated carbocycles. The van der Waals surface area contributed by atoms with Gasteiger partial charge in [0.15, 0.2) is 0 Å². The molecule has 0 heterocycles. The van der Waals surface area contributed by atoms with Crippen LogP contribution < -0.4 is 0 Å². The van der Waals surface area contributed by atoms with Crippen LogP contribution >= 0.6 is 0 Å². The molecule has 0 unspecified atom stereocenters. The molecule has 0 aliphatic heterocycles. The first kappa shape index (κ1) is 15.8. The maximum absolute atomic E-state index is 9.44. The summed E-state index contributed by atoms with van der Waals surface area (Å²) in [6.07, 6.45) is 0. The van der Waals surface area contributed by atoms with Gasteiger partial charge in [-0.1, -0.05) is 0 Å². The van der Waals surface area contributed by atoms with Crippen molar-refractivity contribution in [2.45, 2.75) is 13.8 Å². The molecule has 0 bridgehead atoms. The Kier molecular flexibility index (Phi) is 27.4. The third-order valence-electron chi connectivity index (χ3n) is 0. The van der Waals surface area contributed by atoms with Crippen molar-refractivity contribution >= 4 is 5.78 Å². The van der Waals surface area contributed by atoms with E-state index in [4.69, 9.17) is 0 Å². The Bertz CT molecular complexity index is 31.8. The van der Waals surface area contributed by atoms with E-state index in [1.54, 1.807) is 0 Å². The molecule has 32 valence electrons. The Morgan fingerprint density at radius 2 is 1.17 bits per heavy atom. The fraction of sp³-hybridized carbons (Fsp3) is 0.667. The molecule has 0 saturated heterocycles. The fourth-order valence-electron chi connectivity index (χ4n) is 0. The number of rotatable bonds is 0. The molecule has 0 atom stereocenters. The number of ketones is 1. The molecule has 0 radical (unpaired) electrons. The van der Waals surface area contributed by atoms with Crippen LogP contribution in [0.5, 0.6) is 0 Å². The van der Waals surface area contributed by atoms with Gasteiger partial charge in [-0.15, -0.1) is 0 Å². The zero-order valence-electron chi connectivity index (χ0n) is 3.91. The molecule has 0 aliphatic rings. The Balaban J connectivity index is -0.0000000450. The maximum atomic E-state index is 9.44. The second-order valence-electron chi connectivity index (χ2n) is 0.908. The van der Waals surface area contributed by atoms with Crippen LogP contribution in [0.1, 0.15) is 13.8 Å². The molecule has 1 nitrogen and oxygen atoms in total. The van der Waals surface area contributed by atoms with E-state index >= 15 is 0 Å². The summed E-state index contributed by atoms with van der Waals surface area (Å²) in [6, 6.07) is 0. The van der Waals surface area contributed by atoms with Gasteiger partial charge in [-0.05, 0) is 13.8 Å². The van der Waals surface area contributed by atoms with Crippen LogP contribution in [0.3, 0.4) is 0 Å². The minimum atomic E-state index is 0. The topological polar surface area (TPSA) is 17.1 Å². The van der Waals surface area contributed by atoms with E-state index in [1.165, 1.54) is 13.8 Å². The Morgan fingerprint density at radius 1 is 1.17 bits per heavy atom. The van der Waals surface area contributed by atoms with E-state index in [9.17, 15) is 4.79 Å². The van der Waals surface area contributed by atoms with Crippen LogP contribution in [0, 0.1) is 83.5 Å². The van der Waals surface area contributed by atoms with Crippen molar-refractivity contribution in [3.8, 4) is 0 Å². The van der Waals surface area contributed by atoms with Gasteiger partial charge in [0.1, 0.15) is 5.78 Å². The van der Waals surface area contributed by atoms with E-state index in [1.807, 2.05) is 0 Å². The number of carbonyl (C=O) groups excluding carboxylic acids is 1. The molecular formula is C3H6Ce2O. The molecule has 0 aromatic heterocycles. The monoisotopic (exact) mass is 338 g/mol. The van der Waals surface area contributed by atoms with Crippen molar-refractivity contribution in [1.82, 2.24) is 0 Å². The van der Waals surface area contributed by atoms with Crippen molar-refractivity contribution < 1.29 is 88.3 Å². The average Bonchev–Trinajstić information content (AvgIpc) is 0.811. The van der Waals surface area contributed by atoms with Crippen molar-refractivity contribution in [3.63, 3.8) is 0 Å². The summed E-state index contributed by atoms with van der Waals surface area (Å²) in [5, 5.41) is 0. The summed E-state index contributed by atoms with van der Waals surface area (Å²) in [6.45, 7) is 3.06. The van der Waals surface area contributed by atoms with Crippen LogP contribution in [-0.4, -0.2) is 5.78 Å². The van der Waals surface area contributed by atoms with Gasteiger partial charge in [0.2, 0.25) is 0 Å². The molecule has 0 N–H and O–H groups in total. The molecule has 0 aromatic carbocycles. The van der Waals surface area contributed by atoms with Gasteiger partial charge < -0.3 is 4.79 Å². The molecule has 0 fully saturated rings. The molecule has 0 rings (SSSR count). The van der Waals surface area contributed by atoms with Gasteiger partial charge in [-0.3, -0.25) is 0 Å². The van der Waals surface area contributed by atoms with Crippen LogP contribution in [0.2, 0.25) is 0 Å². The molecule has 6 heavy (non-hydrogen) atoms. The van der Waals surface area contributed by atoms with Crippen molar-refractivity contribution in [1.29, 1.82) is 0 Å². The zero-order chi connectivity index (χ0) is 3.58. The van der Waals surface area contributed by atoms with E-state index in [-0.39, 0.29) is 89.3 Å². The summed E-state index contributed by atoms with van der Waals surface area (Å²) in [4.78, 5) is 9.44. The number of carbonyl (C=O) groups is 1. The third kappa shape index (κ3) is 32.2. The minimum absolute atomic E-state index is 0. The van der Waals surface area contributed by atoms with Gasteiger partial charge in [0.25, 0.3) is 0 Å². The first-order valence-corrected chi connectivity index (χ1v) is 1.20. The summed E-state index contributed by atoms with van der Waals surface area (Å²) in [7, 11) is 0. The van der Waals surface area contributed by atoms with Crippen LogP contribution in [0.15, 0.2) is 0 Å². The molecule has 0 aliphatic carbocycles. The molecule has 3 heteroatoms. The Morgan fingerprint density at radius 3 is 1.17 bits per heavy atom. The smallest absolute Gasteiger partial charge is 0.126 e. The van der Waals surface area contributed by atoms with E-state index in [2.05, 4.69) is 0 Å². The second kappa shape index (κ2) is 10.4. The summed E-state index contributed by atoms with van der Waals surface area (Å²) >= 11 is 0. The van der Waals surface area contributed by atoms with Gasteiger partial charge in [-0.25, -0.2) is 0 Å². The number of Topliss-reactive ketones (excluding diaryl/α,β-unsaturated/α-hetero) is 1. The summed E-state index contributed by atoms with van der Waals surface area (Å²) < 4.78 is 0. The average molecular weight is 338 g/mol. The third-order valence-corrected chi connectivity index (χ3v) is 0. The molecular weight excluding hydrogens is 332 g/mol. The summed E-state index contributed by atoms with van der Waals surface area (Å²) in [5.41, 5.74) is 0. The van der Waals surface area contributed by atoms with E-state index < -0.39 is 0 Å². The van der Waals surface area contributed by atoms with Crippen molar-refractivity contribution in [3.05, 3.63) is 0 Å². The first-order valence-electron chi connectivity index (χ1n) is 1.20. The molecule has 0 aromatic rings. The first-order chi connectivity index (χ1) is 1.73. The number of hydrogen-bond donors (Lipinski definition) is 0. The molecule has 0 spiro atoms. The van der Waals surface area contributed by atoms with Crippen molar-refractivity contribution in [2.24, 2.45) is 0 Å². The summed E-state index contributed by atoms with van der Waals surface area (Å²) in [5.74, 6) is 0.167. The predicted octanol–water partition coefficient (Wildman–Crippen LogP) is 0.595. The standard InChI is InChI=1S/C3H6O.2Ce/c1-3(2)4;;/h1-2H3;;.